The van der Waals surface area contributed by atoms with Crippen LogP contribution < -0.4 is 0 Å². The van der Waals surface area contributed by atoms with E-state index < -0.39 is 15.8 Å². The average molecular weight is 262 g/mol. The first-order chi connectivity index (χ1) is 8.00. The molecule has 17 heavy (non-hydrogen) atoms. The van der Waals surface area contributed by atoms with E-state index in [4.69, 9.17) is 4.74 Å². The van der Waals surface area contributed by atoms with Gasteiger partial charge in [0.15, 0.2) is 9.84 Å². The molecule has 0 aliphatic rings. The Morgan fingerprint density at radius 1 is 1.41 bits per heavy atom. The molecule has 0 bridgehead atoms. The van der Waals surface area contributed by atoms with Crippen molar-refractivity contribution in [1.29, 1.82) is 0 Å². The molecule has 96 valence electrons. The number of sulfone groups is 1. The van der Waals surface area contributed by atoms with Gasteiger partial charge in [-0.25, -0.2) is 17.9 Å². The highest BCUT2D eigenvalue weighted by atomic mass is 32.2. The van der Waals surface area contributed by atoms with Gasteiger partial charge in [0.05, 0.1) is 18.9 Å². The topological polar surface area (TPSA) is 104 Å². The summed E-state index contributed by atoms with van der Waals surface area (Å²) >= 11 is 0. The van der Waals surface area contributed by atoms with E-state index in [0.717, 1.165) is 4.68 Å². The lowest BCUT2D eigenvalue weighted by Crippen LogP contribution is -2.20. The third-order valence-electron chi connectivity index (χ3n) is 2.04. The Morgan fingerprint density at radius 3 is 2.71 bits per heavy atom. The van der Waals surface area contributed by atoms with Gasteiger partial charge in [-0.15, -0.1) is 5.10 Å². The summed E-state index contributed by atoms with van der Waals surface area (Å²) in [5.41, 5.74) is 0. The normalized spacial score (nSPS) is 11.4. The van der Waals surface area contributed by atoms with Crippen molar-refractivity contribution in [3.63, 3.8) is 0 Å². The van der Waals surface area contributed by atoms with Crippen molar-refractivity contribution in [1.82, 2.24) is 20.2 Å². The Bertz CT molecular complexity index is 481. The maximum atomic E-state index is 11.4. The molecule has 1 heterocycles. The molecule has 1 rings (SSSR count). The van der Waals surface area contributed by atoms with Gasteiger partial charge in [-0.2, -0.15) is 0 Å². The van der Waals surface area contributed by atoms with Gasteiger partial charge in [-0.3, -0.25) is 0 Å². The molecule has 0 unspecified atom stereocenters. The largest absolute Gasteiger partial charge is 0.460 e. The third-order valence-corrected chi connectivity index (χ3v) is 3.73. The van der Waals surface area contributed by atoms with Crippen molar-refractivity contribution in [2.24, 2.45) is 0 Å². The molecule has 0 radical (unpaired) electrons. The van der Waals surface area contributed by atoms with Gasteiger partial charge < -0.3 is 4.74 Å². The van der Waals surface area contributed by atoms with Crippen molar-refractivity contribution in [3.8, 4) is 0 Å². The lowest BCUT2D eigenvalue weighted by molar-refractivity contribution is 0.0504. The Balaban J connectivity index is 2.73. The lowest BCUT2D eigenvalue weighted by atomic mass is 10.6. The number of carbonyl (C=O) groups excluding carboxylic acids is 1. The summed E-state index contributed by atoms with van der Waals surface area (Å²) in [5, 5.41) is 10.4. The highest BCUT2D eigenvalue weighted by Gasteiger charge is 2.18. The van der Waals surface area contributed by atoms with Crippen molar-refractivity contribution in [2.75, 3.05) is 18.1 Å². The van der Waals surface area contributed by atoms with Crippen LogP contribution in [0.15, 0.2) is 0 Å². The Labute approximate surface area is 98.9 Å². The maximum Gasteiger partial charge on any atom is 0.378 e. The van der Waals surface area contributed by atoms with Gasteiger partial charge in [-0.05, 0) is 17.4 Å². The van der Waals surface area contributed by atoms with Gasteiger partial charge in [-0.1, -0.05) is 6.92 Å². The standard InChI is InChI=1S/C8H14N4O4S/c1-3-16-8(13)7-9-10-11-12(7)5-6-17(14,15)4-2/h3-6H2,1-2H3. The second kappa shape index (κ2) is 5.71. The molecule has 9 heteroatoms. The molecule has 0 spiro atoms. The van der Waals surface area contributed by atoms with Crippen molar-refractivity contribution in [3.05, 3.63) is 5.82 Å². The molecule has 1 aromatic rings. The zero-order chi connectivity index (χ0) is 12.9. The summed E-state index contributed by atoms with van der Waals surface area (Å²) in [7, 11) is -3.12. The van der Waals surface area contributed by atoms with E-state index in [2.05, 4.69) is 15.5 Å². The lowest BCUT2D eigenvalue weighted by Gasteiger charge is -2.04. The number of nitrogens with zero attached hydrogens (tertiary/aromatic N) is 4. The highest BCUT2D eigenvalue weighted by Crippen LogP contribution is 1.98. The summed E-state index contributed by atoms with van der Waals surface area (Å²) in [6.45, 7) is 3.46. The molecule has 0 aliphatic heterocycles. The molecule has 0 aliphatic carbocycles. The van der Waals surface area contributed by atoms with E-state index in [9.17, 15) is 13.2 Å². The zero-order valence-electron chi connectivity index (χ0n) is 9.66. The highest BCUT2D eigenvalue weighted by molar-refractivity contribution is 7.91. The van der Waals surface area contributed by atoms with Crippen LogP contribution in [-0.4, -0.2) is 52.7 Å². The van der Waals surface area contributed by atoms with Crippen LogP contribution in [0.1, 0.15) is 24.5 Å². The van der Waals surface area contributed by atoms with E-state index in [1.165, 1.54) is 0 Å². The smallest absolute Gasteiger partial charge is 0.378 e. The first kappa shape index (κ1) is 13.6. The average Bonchev–Trinajstić information content (AvgIpc) is 2.75. The van der Waals surface area contributed by atoms with Gasteiger partial charge in [0.25, 0.3) is 5.82 Å². The SMILES string of the molecule is CCOC(=O)c1nnnn1CCS(=O)(=O)CC. The quantitative estimate of drug-likeness (QED) is 0.623. The summed E-state index contributed by atoms with van der Waals surface area (Å²) in [5.74, 6) is -0.810. The van der Waals surface area contributed by atoms with Crippen LogP contribution in [-0.2, 0) is 21.1 Å². The first-order valence-electron chi connectivity index (χ1n) is 5.14. The molecule has 1 aromatic heterocycles. The number of aromatic nitrogens is 4. The molecule has 0 amide bonds. The molecular formula is C8H14N4O4S. The third kappa shape index (κ3) is 3.77. The van der Waals surface area contributed by atoms with Gasteiger partial charge >= 0.3 is 5.97 Å². The number of tetrazole rings is 1. The predicted molar refractivity (Wildman–Crippen MR) is 58.1 cm³/mol. The summed E-state index contributed by atoms with van der Waals surface area (Å²) in [4.78, 5) is 11.4. The van der Waals surface area contributed by atoms with Crippen LogP contribution in [0.2, 0.25) is 0 Å². The number of carbonyl (C=O) groups is 1. The zero-order valence-corrected chi connectivity index (χ0v) is 10.5. The number of hydrogen-bond acceptors (Lipinski definition) is 7. The first-order valence-corrected chi connectivity index (χ1v) is 6.96. The van der Waals surface area contributed by atoms with E-state index in [1.807, 2.05) is 0 Å². The minimum absolute atomic E-state index is 0.0390. The van der Waals surface area contributed by atoms with Crippen LogP contribution in [0, 0.1) is 0 Å². The fourth-order valence-corrected chi connectivity index (χ4v) is 1.81. The molecule has 0 aromatic carbocycles. The molecule has 0 saturated heterocycles. The van der Waals surface area contributed by atoms with Gasteiger partial charge in [0.2, 0.25) is 0 Å². The summed E-state index contributed by atoms with van der Waals surface area (Å²) in [6.07, 6.45) is 0. The van der Waals surface area contributed by atoms with E-state index in [0.29, 0.717) is 0 Å². The molecule has 0 atom stereocenters. The van der Waals surface area contributed by atoms with Crippen LogP contribution in [0.25, 0.3) is 0 Å². The van der Waals surface area contributed by atoms with Crippen LogP contribution in [0.3, 0.4) is 0 Å². The molecule has 0 saturated carbocycles. The minimum Gasteiger partial charge on any atom is -0.460 e. The van der Waals surface area contributed by atoms with Gasteiger partial charge in [0, 0.05) is 5.75 Å². The number of esters is 1. The second-order valence-corrected chi connectivity index (χ2v) is 5.66. The van der Waals surface area contributed by atoms with E-state index in [1.54, 1.807) is 13.8 Å². The number of aryl methyl sites for hydroxylation is 1. The van der Waals surface area contributed by atoms with Crippen LogP contribution >= 0.6 is 0 Å². The van der Waals surface area contributed by atoms with Crippen LogP contribution in [0.5, 0.6) is 0 Å². The summed E-state index contributed by atoms with van der Waals surface area (Å²) < 4.78 is 28.5. The Morgan fingerprint density at radius 2 is 2.12 bits per heavy atom. The van der Waals surface area contributed by atoms with E-state index in [-0.39, 0.29) is 30.5 Å². The molecular weight excluding hydrogens is 248 g/mol. The van der Waals surface area contributed by atoms with Crippen molar-refractivity contribution >= 4 is 15.8 Å². The van der Waals surface area contributed by atoms with Crippen LogP contribution in [0.4, 0.5) is 0 Å². The van der Waals surface area contributed by atoms with Gasteiger partial charge in [0.1, 0.15) is 0 Å². The number of ether oxygens (including phenoxy) is 1. The molecule has 0 N–H and O–H groups in total. The Kier molecular flexibility index (Phi) is 4.55. The predicted octanol–water partition coefficient (Wildman–Crippen LogP) is -0.715. The number of rotatable bonds is 6. The Hall–Kier alpha value is -1.51. The second-order valence-electron chi connectivity index (χ2n) is 3.18. The van der Waals surface area contributed by atoms with Crippen molar-refractivity contribution in [2.45, 2.75) is 20.4 Å². The summed E-state index contributed by atoms with van der Waals surface area (Å²) in [6, 6.07) is 0. The fraction of sp³-hybridized carbons (Fsp3) is 0.750. The molecule has 0 fully saturated rings. The monoisotopic (exact) mass is 262 g/mol. The van der Waals surface area contributed by atoms with E-state index >= 15 is 0 Å². The minimum atomic E-state index is -3.12. The maximum absolute atomic E-state index is 11.4. The molecule has 8 nitrogen and oxygen atoms in total. The number of hydrogen-bond donors (Lipinski definition) is 0. The fourth-order valence-electron chi connectivity index (χ4n) is 1.07. The van der Waals surface area contributed by atoms with Crippen molar-refractivity contribution < 1.29 is 17.9 Å².